The number of halogens is 6. The summed E-state index contributed by atoms with van der Waals surface area (Å²) in [5.74, 6) is -3.33. The quantitative estimate of drug-likeness (QED) is 0.523. The third-order valence-electron chi connectivity index (χ3n) is 2.10. The van der Waals surface area contributed by atoms with Crippen LogP contribution in [0.2, 0.25) is 0 Å². The lowest BCUT2D eigenvalue weighted by molar-refractivity contribution is -0.281. The van der Waals surface area contributed by atoms with E-state index < -0.39 is 24.8 Å². The van der Waals surface area contributed by atoms with E-state index in [0.717, 1.165) is 0 Å². The maximum atomic E-state index is 12.1. The third kappa shape index (κ3) is 7.72. The van der Waals surface area contributed by atoms with Gasteiger partial charge in [0.1, 0.15) is 0 Å². The average Bonchev–Trinajstić information content (AvgIpc) is 2.18. The third-order valence-corrected chi connectivity index (χ3v) is 2.10. The van der Waals surface area contributed by atoms with Gasteiger partial charge >= 0.3 is 12.4 Å². The van der Waals surface area contributed by atoms with Gasteiger partial charge in [-0.3, -0.25) is 0 Å². The Labute approximate surface area is 101 Å². The molecule has 110 valence electrons. The lowest BCUT2D eigenvalue weighted by atomic mass is 10.1. The normalized spacial score (nSPS) is 13.3. The molecule has 0 radical (unpaired) electrons. The molecule has 0 spiro atoms. The van der Waals surface area contributed by atoms with Gasteiger partial charge in [0.25, 0.3) is 0 Å². The van der Waals surface area contributed by atoms with Gasteiger partial charge in [-0.15, -0.1) is 0 Å². The van der Waals surface area contributed by atoms with E-state index in [9.17, 15) is 26.3 Å². The average molecular weight is 282 g/mol. The van der Waals surface area contributed by atoms with Gasteiger partial charge in [-0.25, -0.2) is 0 Å². The molecule has 0 aliphatic rings. The van der Waals surface area contributed by atoms with Crippen LogP contribution in [-0.4, -0.2) is 52.2 Å². The molecule has 0 aliphatic heterocycles. The van der Waals surface area contributed by atoms with Crippen molar-refractivity contribution in [2.24, 2.45) is 5.92 Å². The highest BCUT2D eigenvalue weighted by atomic mass is 19.4. The Bertz CT molecular complexity index is 204. The lowest BCUT2D eigenvalue weighted by Gasteiger charge is -2.23. The van der Waals surface area contributed by atoms with Gasteiger partial charge in [0.05, 0.1) is 6.61 Å². The predicted molar refractivity (Wildman–Crippen MR) is 53.2 cm³/mol. The second-order valence-electron chi connectivity index (χ2n) is 3.58. The van der Waals surface area contributed by atoms with Crippen LogP contribution < -0.4 is 10.6 Å². The summed E-state index contributed by atoms with van der Waals surface area (Å²) < 4.78 is 77.3. The molecule has 2 N–H and O–H groups in total. The molecule has 0 aliphatic carbocycles. The monoisotopic (exact) mass is 282 g/mol. The van der Waals surface area contributed by atoms with Gasteiger partial charge in [-0.2, -0.15) is 26.3 Å². The summed E-state index contributed by atoms with van der Waals surface area (Å²) in [6.07, 6.45) is -10.6. The highest BCUT2D eigenvalue weighted by Gasteiger charge is 2.56. The van der Waals surface area contributed by atoms with Crippen LogP contribution in [0.5, 0.6) is 0 Å². The summed E-state index contributed by atoms with van der Waals surface area (Å²) in [5, 5.41) is 4.92. The molecule has 0 unspecified atom stereocenters. The maximum absolute atomic E-state index is 12.1. The van der Waals surface area contributed by atoms with Gasteiger partial charge < -0.3 is 15.4 Å². The van der Waals surface area contributed by atoms with Crippen molar-refractivity contribution in [3.63, 3.8) is 0 Å². The Balaban J connectivity index is 3.86. The Hall–Kier alpha value is -0.540. The van der Waals surface area contributed by atoms with E-state index in [-0.39, 0.29) is 13.1 Å². The lowest BCUT2D eigenvalue weighted by Crippen LogP contribution is -2.44. The number of alkyl halides is 6. The molecule has 0 rings (SSSR count). The zero-order valence-corrected chi connectivity index (χ0v) is 9.79. The Morgan fingerprint density at radius 2 is 1.39 bits per heavy atom. The van der Waals surface area contributed by atoms with Crippen LogP contribution in [-0.2, 0) is 4.74 Å². The van der Waals surface area contributed by atoms with E-state index >= 15 is 0 Å². The molecule has 3 nitrogen and oxygen atoms in total. The van der Waals surface area contributed by atoms with Crippen molar-refractivity contribution in [3.05, 3.63) is 0 Å². The molecule has 0 saturated heterocycles. The van der Waals surface area contributed by atoms with Gasteiger partial charge in [0.2, 0.25) is 0 Å². The smallest absolute Gasteiger partial charge is 0.383 e. The van der Waals surface area contributed by atoms with E-state index in [2.05, 4.69) is 10.6 Å². The molecule has 0 amide bonds. The van der Waals surface area contributed by atoms with E-state index in [1.807, 2.05) is 0 Å². The zero-order chi connectivity index (χ0) is 14.2. The summed E-state index contributed by atoms with van der Waals surface area (Å²) in [4.78, 5) is 0. The first-order valence-electron chi connectivity index (χ1n) is 5.23. The van der Waals surface area contributed by atoms with Crippen LogP contribution in [0.4, 0.5) is 26.3 Å². The molecule has 0 heterocycles. The summed E-state index contributed by atoms with van der Waals surface area (Å²) in [5.41, 5.74) is 0. The molecular formula is C9H16F6N2O. The van der Waals surface area contributed by atoms with Crippen molar-refractivity contribution in [3.8, 4) is 0 Å². The van der Waals surface area contributed by atoms with E-state index in [1.165, 1.54) is 7.11 Å². The first-order valence-corrected chi connectivity index (χ1v) is 5.23. The van der Waals surface area contributed by atoms with Crippen molar-refractivity contribution in [2.75, 3.05) is 39.9 Å². The summed E-state index contributed by atoms with van der Waals surface area (Å²) >= 11 is 0. The first-order chi connectivity index (χ1) is 8.19. The number of nitrogens with one attached hydrogen (secondary N) is 2. The minimum absolute atomic E-state index is 0.0202. The number of hydrogen-bond donors (Lipinski definition) is 2. The van der Waals surface area contributed by atoms with Gasteiger partial charge in [0.15, 0.2) is 5.92 Å². The molecular weight excluding hydrogens is 266 g/mol. The van der Waals surface area contributed by atoms with Crippen LogP contribution in [0.25, 0.3) is 0 Å². The zero-order valence-electron chi connectivity index (χ0n) is 9.79. The van der Waals surface area contributed by atoms with E-state index in [1.54, 1.807) is 0 Å². The van der Waals surface area contributed by atoms with Crippen molar-refractivity contribution in [1.29, 1.82) is 0 Å². The molecule has 0 aromatic carbocycles. The topological polar surface area (TPSA) is 33.3 Å². The minimum Gasteiger partial charge on any atom is -0.383 e. The molecule has 0 fully saturated rings. The second-order valence-corrected chi connectivity index (χ2v) is 3.58. The fraction of sp³-hybridized carbons (Fsp3) is 1.00. The molecule has 18 heavy (non-hydrogen) atoms. The van der Waals surface area contributed by atoms with Crippen LogP contribution in [0.3, 0.4) is 0 Å². The van der Waals surface area contributed by atoms with Gasteiger partial charge in [0, 0.05) is 33.3 Å². The van der Waals surface area contributed by atoms with Crippen molar-refractivity contribution in [2.45, 2.75) is 12.4 Å². The Morgan fingerprint density at radius 3 is 1.83 bits per heavy atom. The maximum Gasteiger partial charge on any atom is 0.401 e. The number of methoxy groups -OCH3 is 1. The molecule has 0 atom stereocenters. The SMILES string of the molecule is COCCNCCNCC(C(F)(F)F)C(F)(F)F. The highest BCUT2D eigenvalue weighted by molar-refractivity contribution is 4.77. The summed E-state index contributed by atoms with van der Waals surface area (Å²) in [6, 6.07) is 0. The number of rotatable bonds is 8. The summed E-state index contributed by atoms with van der Waals surface area (Å²) in [7, 11) is 1.48. The molecule has 0 bridgehead atoms. The van der Waals surface area contributed by atoms with Crippen LogP contribution in [0.15, 0.2) is 0 Å². The fourth-order valence-electron chi connectivity index (χ4n) is 1.14. The van der Waals surface area contributed by atoms with Crippen molar-refractivity contribution in [1.82, 2.24) is 10.6 Å². The molecule has 0 aromatic rings. The second kappa shape index (κ2) is 7.80. The van der Waals surface area contributed by atoms with E-state index in [4.69, 9.17) is 4.74 Å². The standard InChI is InChI=1S/C9H16F6N2O/c1-18-5-4-16-2-3-17-6-7(8(10,11)12)9(13,14)15/h7,16-17H,2-6H2,1H3. The Morgan fingerprint density at radius 1 is 0.889 bits per heavy atom. The Kier molecular flexibility index (Phi) is 7.56. The minimum atomic E-state index is -5.28. The first kappa shape index (κ1) is 17.5. The number of ether oxygens (including phenoxy) is 1. The van der Waals surface area contributed by atoms with Gasteiger partial charge in [-0.1, -0.05) is 0 Å². The molecule has 9 heteroatoms. The van der Waals surface area contributed by atoms with Crippen LogP contribution in [0.1, 0.15) is 0 Å². The van der Waals surface area contributed by atoms with Crippen molar-refractivity contribution >= 4 is 0 Å². The van der Waals surface area contributed by atoms with Crippen LogP contribution >= 0.6 is 0 Å². The highest BCUT2D eigenvalue weighted by Crippen LogP contribution is 2.38. The van der Waals surface area contributed by atoms with Crippen LogP contribution in [0, 0.1) is 5.92 Å². The predicted octanol–water partition coefficient (Wildman–Crippen LogP) is 1.55. The van der Waals surface area contributed by atoms with E-state index in [0.29, 0.717) is 13.2 Å². The molecule has 0 aromatic heterocycles. The fourth-order valence-corrected chi connectivity index (χ4v) is 1.14. The largest absolute Gasteiger partial charge is 0.401 e. The molecule has 0 saturated carbocycles. The van der Waals surface area contributed by atoms with Gasteiger partial charge in [-0.05, 0) is 0 Å². The van der Waals surface area contributed by atoms with Crippen molar-refractivity contribution < 1.29 is 31.1 Å². The number of hydrogen-bond acceptors (Lipinski definition) is 3. The summed E-state index contributed by atoms with van der Waals surface area (Å²) in [6.45, 7) is 0.0327.